The molecule has 0 bridgehead atoms. The first-order valence-electron chi connectivity index (χ1n) is 7.01. The van der Waals surface area contributed by atoms with Crippen molar-refractivity contribution in [2.75, 3.05) is 31.2 Å². The maximum atomic E-state index is 3.65. The lowest BCUT2D eigenvalue weighted by atomic mass is 9.93. The Morgan fingerprint density at radius 1 is 1.33 bits per heavy atom. The van der Waals surface area contributed by atoms with E-state index in [-0.39, 0.29) is 5.54 Å². The van der Waals surface area contributed by atoms with Gasteiger partial charge in [0, 0.05) is 32.0 Å². The predicted octanol–water partition coefficient (Wildman–Crippen LogP) is 1.90. The molecule has 1 atom stereocenters. The minimum absolute atomic E-state index is 0.146. The van der Waals surface area contributed by atoms with Gasteiger partial charge >= 0.3 is 0 Å². The summed E-state index contributed by atoms with van der Waals surface area (Å²) in [6.45, 7) is 8.83. The molecule has 1 aromatic rings. The van der Waals surface area contributed by atoms with Crippen molar-refractivity contribution in [1.29, 1.82) is 0 Å². The third-order valence-electron chi connectivity index (χ3n) is 4.18. The fourth-order valence-electron chi connectivity index (χ4n) is 3.14. The predicted molar refractivity (Wildman–Crippen MR) is 75.8 cm³/mol. The summed E-state index contributed by atoms with van der Waals surface area (Å²) in [7, 11) is 0. The maximum Gasteiger partial charge on any atom is 0.0768 e. The summed E-state index contributed by atoms with van der Waals surface area (Å²) >= 11 is 0. The molecule has 0 radical (unpaired) electrons. The highest BCUT2D eigenvalue weighted by atomic mass is 15.3. The quantitative estimate of drug-likeness (QED) is 0.851. The van der Waals surface area contributed by atoms with Crippen molar-refractivity contribution < 1.29 is 0 Å². The van der Waals surface area contributed by atoms with Crippen LogP contribution >= 0.6 is 0 Å². The lowest BCUT2D eigenvalue weighted by Crippen LogP contribution is -2.44. The van der Waals surface area contributed by atoms with E-state index in [2.05, 4.69) is 53.6 Å². The Balaban J connectivity index is 1.87. The third kappa shape index (κ3) is 1.91. The number of hydrogen-bond acceptors (Lipinski definition) is 3. The number of para-hydroxylation sites is 1. The van der Waals surface area contributed by atoms with E-state index in [1.165, 1.54) is 17.7 Å². The largest absolute Gasteiger partial charge is 0.369 e. The van der Waals surface area contributed by atoms with Crippen molar-refractivity contribution >= 4 is 5.69 Å². The van der Waals surface area contributed by atoms with E-state index in [1.807, 2.05) is 0 Å². The fraction of sp³-hybridized carbons (Fsp3) is 0.600. The zero-order chi connectivity index (χ0) is 12.6. The molecule has 98 valence electrons. The van der Waals surface area contributed by atoms with E-state index in [0.717, 1.165) is 32.2 Å². The van der Waals surface area contributed by atoms with Crippen LogP contribution in [0.2, 0.25) is 0 Å². The summed E-state index contributed by atoms with van der Waals surface area (Å²) in [5.41, 5.74) is 3.04. The Morgan fingerprint density at radius 3 is 2.89 bits per heavy atom. The zero-order valence-electron chi connectivity index (χ0n) is 11.4. The average molecular weight is 245 g/mol. The van der Waals surface area contributed by atoms with E-state index >= 15 is 0 Å². The van der Waals surface area contributed by atoms with Crippen molar-refractivity contribution in [3.05, 3.63) is 29.8 Å². The summed E-state index contributed by atoms with van der Waals surface area (Å²) in [6, 6.07) is 8.87. The molecule has 2 aliphatic rings. The van der Waals surface area contributed by atoms with E-state index in [0.29, 0.717) is 0 Å². The number of hydrogen-bond donors (Lipinski definition) is 2. The number of rotatable bonds is 3. The van der Waals surface area contributed by atoms with Crippen LogP contribution in [0.15, 0.2) is 24.3 Å². The van der Waals surface area contributed by atoms with Gasteiger partial charge in [0.05, 0.1) is 5.54 Å². The SMILES string of the molecule is CC(C)CCN1CC2(CNCN2)c2ccccc21. The molecular weight excluding hydrogens is 222 g/mol. The van der Waals surface area contributed by atoms with Crippen molar-refractivity contribution in [2.24, 2.45) is 5.92 Å². The lowest BCUT2D eigenvalue weighted by Gasteiger charge is -2.25. The summed E-state index contributed by atoms with van der Waals surface area (Å²) in [5, 5.41) is 7.10. The van der Waals surface area contributed by atoms with Gasteiger partial charge in [-0.3, -0.25) is 5.32 Å². The monoisotopic (exact) mass is 245 g/mol. The van der Waals surface area contributed by atoms with E-state index in [4.69, 9.17) is 0 Å². The summed E-state index contributed by atoms with van der Waals surface area (Å²) in [6.07, 6.45) is 1.26. The topological polar surface area (TPSA) is 27.3 Å². The minimum atomic E-state index is 0.146. The van der Waals surface area contributed by atoms with Gasteiger partial charge in [0.15, 0.2) is 0 Å². The van der Waals surface area contributed by atoms with E-state index < -0.39 is 0 Å². The van der Waals surface area contributed by atoms with Crippen molar-refractivity contribution in [2.45, 2.75) is 25.8 Å². The van der Waals surface area contributed by atoms with Gasteiger partial charge in [0.1, 0.15) is 0 Å². The number of benzene rings is 1. The van der Waals surface area contributed by atoms with Gasteiger partial charge in [-0.2, -0.15) is 0 Å². The number of fused-ring (bicyclic) bond motifs is 2. The van der Waals surface area contributed by atoms with Gasteiger partial charge < -0.3 is 10.2 Å². The van der Waals surface area contributed by atoms with Crippen molar-refractivity contribution in [3.63, 3.8) is 0 Å². The zero-order valence-corrected chi connectivity index (χ0v) is 11.4. The van der Waals surface area contributed by atoms with Crippen LogP contribution in [0.3, 0.4) is 0 Å². The fourth-order valence-corrected chi connectivity index (χ4v) is 3.14. The van der Waals surface area contributed by atoms with E-state index in [9.17, 15) is 0 Å². The molecule has 1 unspecified atom stereocenters. The molecular formula is C15H23N3. The molecule has 3 rings (SSSR count). The molecule has 3 nitrogen and oxygen atoms in total. The first-order valence-corrected chi connectivity index (χ1v) is 7.01. The molecule has 0 aromatic heterocycles. The Labute approximate surface area is 110 Å². The smallest absolute Gasteiger partial charge is 0.0768 e. The molecule has 2 heterocycles. The highest BCUT2D eigenvalue weighted by Gasteiger charge is 2.44. The second-order valence-corrected chi connectivity index (χ2v) is 5.98. The van der Waals surface area contributed by atoms with Crippen LogP contribution in [0.25, 0.3) is 0 Å². The Hall–Kier alpha value is -1.06. The molecule has 1 fully saturated rings. The van der Waals surface area contributed by atoms with Crippen LogP contribution < -0.4 is 15.5 Å². The Bertz CT molecular complexity index is 422. The molecule has 3 heteroatoms. The molecule has 1 saturated heterocycles. The molecule has 1 spiro atoms. The van der Waals surface area contributed by atoms with Crippen LogP contribution in [-0.2, 0) is 5.54 Å². The van der Waals surface area contributed by atoms with Crippen LogP contribution in [0.4, 0.5) is 5.69 Å². The Morgan fingerprint density at radius 2 is 2.17 bits per heavy atom. The van der Waals surface area contributed by atoms with Crippen LogP contribution in [0.1, 0.15) is 25.8 Å². The summed E-state index contributed by atoms with van der Waals surface area (Å²) in [4.78, 5) is 2.55. The molecule has 0 saturated carbocycles. The van der Waals surface area contributed by atoms with Crippen molar-refractivity contribution in [1.82, 2.24) is 10.6 Å². The van der Waals surface area contributed by atoms with Crippen LogP contribution in [-0.4, -0.2) is 26.3 Å². The van der Waals surface area contributed by atoms with Gasteiger partial charge in [-0.05, 0) is 24.0 Å². The van der Waals surface area contributed by atoms with Crippen molar-refractivity contribution in [3.8, 4) is 0 Å². The third-order valence-corrected chi connectivity index (χ3v) is 4.18. The molecule has 0 aliphatic carbocycles. The van der Waals surface area contributed by atoms with Gasteiger partial charge in [0.2, 0.25) is 0 Å². The van der Waals surface area contributed by atoms with E-state index in [1.54, 1.807) is 0 Å². The number of nitrogens with one attached hydrogen (secondary N) is 2. The molecule has 2 N–H and O–H groups in total. The normalized spacial score (nSPS) is 26.3. The summed E-state index contributed by atoms with van der Waals surface area (Å²) in [5.74, 6) is 0.767. The standard InChI is InChI=1S/C15H23N3/c1-12(2)7-8-18-10-15(9-16-11-17-15)13-5-3-4-6-14(13)18/h3-6,12,16-17H,7-11H2,1-2H3. The average Bonchev–Trinajstić information content (AvgIpc) is 2.95. The van der Waals surface area contributed by atoms with Crippen LogP contribution in [0, 0.1) is 5.92 Å². The second kappa shape index (κ2) is 4.56. The van der Waals surface area contributed by atoms with Gasteiger partial charge in [0.25, 0.3) is 0 Å². The van der Waals surface area contributed by atoms with Crippen LogP contribution in [0.5, 0.6) is 0 Å². The Kier molecular flexibility index (Phi) is 3.04. The first-order chi connectivity index (χ1) is 8.71. The minimum Gasteiger partial charge on any atom is -0.369 e. The second-order valence-electron chi connectivity index (χ2n) is 5.98. The van der Waals surface area contributed by atoms with Gasteiger partial charge in [-0.1, -0.05) is 32.0 Å². The molecule has 2 aliphatic heterocycles. The first kappa shape index (κ1) is 12.0. The summed E-state index contributed by atoms with van der Waals surface area (Å²) < 4.78 is 0. The maximum absolute atomic E-state index is 3.65. The number of anilines is 1. The number of nitrogens with zero attached hydrogens (tertiary/aromatic N) is 1. The molecule has 0 amide bonds. The molecule has 18 heavy (non-hydrogen) atoms. The molecule has 1 aromatic carbocycles. The van der Waals surface area contributed by atoms with Gasteiger partial charge in [-0.25, -0.2) is 0 Å². The van der Waals surface area contributed by atoms with Gasteiger partial charge in [-0.15, -0.1) is 0 Å². The highest BCUT2D eigenvalue weighted by Crippen LogP contribution is 2.39. The highest BCUT2D eigenvalue weighted by molar-refractivity contribution is 5.62. The lowest BCUT2D eigenvalue weighted by molar-refractivity contribution is 0.434.